The number of carbonyl (C=O) groups excluding carboxylic acids is 1. The first-order chi connectivity index (χ1) is 27.4. The Bertz CT molecular complexity index is 1830. The topological polar surface area (TPSA) is 135 Å². The lowest BCUT2D eigenvalue weighted by molar-refractivity contribution is -0.497. The van der Waals surface area contributed by atoms with Gasteiger partial charge in [-0.15, -0.1) is 0 Å². The van der Waals surface area contributed by atoms with E-state index >= 15 is 0 Å². The molecule has 1 fully saturated rings. The molecule has 1 atom stereocenters. The minimum absolute atomic E-state index is 0.106. The third-order valence-electron chi connectivity index (χ3n) is 9.72. The molecular weight excluding hydrogens is 720 g/mol. The predicted octanol–water partition coefficient (Wildman–Crippen LogP) is 5.84. The number of nitrogens with zero attached hydrogens (tertiary/aromatic N) is 4. The van der Waals surface area contributed by atoms with Crippen LogP contribution in [0.5, 0.6) is 23.0 Å². The van der Waals surface area contributed by atoms with Crippen LogP contribution < -0.4 is 28.7 Å². The number of amides is 1. The summed E-state index contributed by atoms with van der Waals surface area (Å²) in [5.41, 5.74) is 4.11. The Balaban J connectivity index is 1.10. The third-order valence-corrected chi connectivity index (χ3v) is 9.72. The van der Waals surface area contributed by atoms with Crippen molar-refractivity contribution in [1.29, 1.82) is 0 Å². The fourth-order valence-electron chi connectivity index (χ4n) is 6.89. The lowest BCUT2D eigenvalue weighted by Crippen LogP contribution is -2.57. The molecule has 0 aliphatic carbocycles. The number of para-hydroxylation sites is 1. The van der Waals surface area contributed by atoms with Gasteiger partial charge < -0.3 is 43.1 Å². The average molecular weight is 773 g/mol. The van der Waals surface area contributed by atoms with E-state index in [0.717, 1.165) is 65.9 Å². The van der Waals surface area contributed by atoms with Gasteiger partial charge in [-0.2, -0.15) is 0 Å². The minimum atomic E-state index is -0.341. The minimum Gasteiger partial charge on any atom is -0.496 e. The number of benzene rings is 4. The zero-order chi connectivity index (χ0) is 39.1. The van der Waals surface area contributed by atoms with Crippen LogP contribution in [0, 0.1) is 0 Å². The molecule has 56 heavy (non-hydrogen) atoms. The van der Waals surface area contributed by atoms with E-state index in [4.69, 9.17) is 43.7 Å². The highest BCUT2D eigenvalue weighted by atomic mass is 17.1. The summed E-state index contributed by atoms with van der Waals surface area (Å²) in [6.07, 6.45) is 1.64. The van der Waals surface area contributed by atoms with Gasteiger partial charge in [0.05, 0.1) is 57.2 Å². The smallest absolute Gasteiger partial charge is 0.253 e. The first-order valence-corrected chi connectivity index (χ1v) is 18.9. The summed E-state index contributed by atoms with van der Waals surface area (Å²) in [6.45, 7) is 6.24. The highest BCUT2D eigenvalue weighted by Gasteiger charge is 2.31. The fraction of sp³-hybridized carbons (Fsp3) is 0.405. The summed E-state index contributed by atoms with van der Waals surface area (Å²) in [7, 11) is 3.37. The molecule has 6 rings (SSSR count). The molecule has 4 aromatic carbocycles. The van der Waals surface area contributed by atoms with Gasteiger partial charge in [-0.1, -0.05) is 30.3 Å². The monoisotopic (exact) mass is 772 g/mol. The van der Waals surface area contributed by atoms with Crippen LogP contribution in [0.25, 0.3) is 0 Å². The summed E-state index contributed by atoms with van der Waals surface area (Å²) in [4.78, 5) is 25.0. The van der Waals surface area contributed by atoms with Gasteiger partial charge in [-0.3, -0.25) is 15.2 Å². The highest BCUT2D eigenvalue weighted by molar-refractivity contribution is 5.94. The third kappa shape index (κ3) is 11.2. The van der Waals surface area contributed by atoms with Gasteiger partial charge in [0.15, 0.2) is 0 Å². The molecular formula is C42H52N4O10. The molecule has 4 aromatic rings. The Morgan fingerprint density at radius 3 is 2.50 bits per heavy atom. The van der Waals surface area contributed by atoms with Gasteiger partial charge in [0.2, 0.25) is 0 Å². The normalized spacial score (nSPS) is 15.4. The zero-order valence-electron chi connectivity index (χ0n) is 32.1. The predicted molar refractivity (Wildman–Crippen MR) is 209 cm³/mol. The first kappa shape index (κ1) is 40.6. The van der Waals surface area contributed by atoms with Crippen LogP contribution in [0.3, 0.4) is 0 Å². The second-order valence-electron chi connectivity index (χ2n) is 13.5. The number of fused-ring (bicyclic) bond motifs is 1. The highest BCUT2D eigenvalue weighted by Crippen LogP contribution is 2.35. The number of rotatable bonds is 20. The van der Waals surface area contributed by atoms with E-state index in [9.17, 15) is 4.79 Å². The summed E-state index contributed by atoms with van der Waals surface area (Å²) >= 11 is 0. The number of anilines is 2. The molecule has 1 saturated heterocycles. The average Bonchev–Trinajstić information content (AvgIpc) is 3.23. The molecule has 300 valence electrons. The number of piperazine rings is 1. The molecule has 1 amide bonds. The molecule has 2 aliphatic rings. The molecule has 2 aliphatic heterocycles. The van der Waals surface area contributed by atoms with Crippen LogP contribution in [0.1, 0.15) is 34.3 Å². The maximum atomic E-state index is 13.8. The summed E-state index contributed by atoms with van der Waals surface area (Å²) in [6, 6.07) is 28.5. The van der Waals surface area contributed by atoms with Gasteiger partial charge >= 0.3 is 0 Å². The largest absolute Gasteiger partial charge is 0.496 e. The second kappa shape index (κ2) is 20.7. The number of methoxy groups -OCH3 is 2. The van der Waals surface area contributed by atoms with E-state index in [-0.39, 0.29) is 23.9 Å². The quantitative estimate of drug-likeness (QED) is 0.0824. The molecule has 2 heterocycles. The van der Waals surface area contributed by atoms with Crippen molar-refractivity contribution in [2.24, 2.45) is 0 Å². The lowest BCUT2D eigenvalue weighted by Gasteiger charge is -2.42. The number of ether oxygens (including phenoxy) is 6. The van der Waals surface area contributed by atoms with Crippen LogP contribution in [0.2, 0.25) is 0 Å². The Kier molecular flexibility index (Phi) is 15.0. The molecule has 0 radical (unpaired) electrons. The van der Waals surface area contributed by atoms with Crippen molar-refractivity contribution in [3.8, 4) is 23.0 Å². The van der Waals surface area contributed by atoms with Gasteiger partial charge in [0.25, 0.3) is 5.91 Å². The van der Waals surface area contributed by atoms with Gasteiger partial charge in [-0.25, -0.2) is 4.84 Å². The van der Waals surface area contributed by atoms with Crippen molar-refractivity contribution in [2.75, 3.05) is 89.8 Å². The molecule has 14 heteroatoms. The molecule has 2 N–H and O–H groups in total. The Hall–Kier alpha value is -5.09. The van der Waals surface area contributed by atoms with E-state index in [2.05, 4.69) is 9.80 Å². The van der Waals surface area contributed by atoms with Gasteiger partial charge in [0, 0.05) is 69.2 Å². The van der Waals surface area contributed by atoms with E-state index in [1.54, 1.807) is 38.5 Å². The Morgan fingerprint density at radius 2 is 1.68 bits per heavy atom. The Labute approximate surface area is 328 Å². The molecule has 0 unspecified atom stereocenters. The molecule has 0 saturated carbocycles. The van der Waals surface area contributed by atoms with Crippen molar-refractivity contribution in [2.45, 2.75) is 32.1 Å². The molecule has 0 aromatic heterocycles. The van der Waals surface area contributed by atoms with Crippen molar-refractivity contribution in [1.82, 2.24) is 10.3 Å². The summed E-state index contributed by atoms with van der Waals surface area (Å²) < 4.78 is 35.0. The van der Waals surface area contributed by atoms with E-state index in [1.807, 2.05) is 71.6 Å². The molecule has 0 spiro atoms. The van der Waals surface area contributed by atoms with E-state index in [1.165, 1.54) is 0 Å². The van der Waals surface area contributed by atoms with E-state index < -0.39 is 0 Å². The van der Waals surface area contributed by atoms with Crippen molar-refractivity contribution >= 4 is 17.3 Å². The summed E-state index contributed by atoms with van der Waals surface area (Å²) in [5.74, 6) is 3.00. The van der Waals surface area contributed by atoms with Crippen LogP contribution >= 0.6 is 0 Å². The lowest BCUT2D eigenvalue weighted by atomic mass is 10.1. The second-order valence-corrected chi connectivity index (χ2v) is 13.5. The number of hydrogen-bond acceptors (Lipinski definition) is 13. The fourth-order valence-corrected chi connectivity index (χ4v) is 6.89. The van der Waals surface area contributed by atoms with Crippen molar-refractivity contribution in [3.63, 3.8) is 0 Å². The van der Waals surface area contributed by atoms with Crippen LogP contribution in [0.4, 0.5) is 11.4 Å². The van der Waals surface area contributed by atoms with Crippen molar-refractivity contribution < 1.29 is 48.5 Å². The van der Waals surface area contributed by atoms with E-state index in [0.29, 0.717) is 70.4 Å². The standard InChI is InChI=1S/C42H52N4O10/c1-50-22-6-18-43-21-25-54-41-17-16-38(27-39(41)43)55-31-36-28-44(42(47)33-10-5-8-32(26-33)29-56-46(48)49)19-20-45(36)35-12-14-37(15-13-35)53-24-7-23-52-30-34-9-3-4-11-40(34)51-2/h3-5,8-17,26-27,36,48-49H,6-7,18-25,28-31H2,1-2H3/t36-/m1/s1. The number of carbonyl (C=O) groups is 1. The van der Waals surface area contributed by atoms with Gasteiger partial charge in [-0.05, 0) is 66.6 Å². The Morgan fingerprint density at radius 1 is 0.839 bits per heavy atom. The zero-order valence-corrected chi connectivity index (χ0v) is 32.1. The maximum absolute atomic E-state index is 13.8. The molecule has 14 nitrogen and oxygen atoms in total. The maximum Gasteiger partial charge on any atom is 0.253 e. The van der Waals surface area contributed by atoms with Crippen LogP contribution in [-0.4, -0.2) is 113 Å². The summed E-state index contributed by atoms with van der Waals surface area (Å²) in [5, 5.41) is 17.6. The first-order valence-electron chi connectivity index (χ1n) is 18.9. The molecule has 0 bridgehead atoms. The van der Waals surface area contributed by atoms with Crippen molar-refractivity contribution in [3.05, 3.63) is 108 Å². The van der Waals surface area contributed by atoms with Gasteiger partial charge in [0.1, 0.15) is 36.2 Å². The van der Waals surface area contributed by atoms with Crippen LogP contribution in [-0.2, 0) is 27.5 Å². The van der Waals surface area contributed by atoms with Crippen LogP contribution in [0.15, 0.2) is 91.0 Å². The SMILES string of the molecule is COCCCN1CCOc2ccc(OC[C@H]3CN(C(=O)c4cccc(CON(O)O)c4)CCN3c3ccc(OCCCOCc4ccccc4OC)cc3)cc21. The number of hydrogen-bond donors (Lipinski definition) is 2.